The molecular formula is C22H24N4O2S. The fraction of sp³-hybridized carbons (Fsp3) is 0.318. The quantitative estimate of drug-likeness (QED) is 0.770. The summed E-state index contributed by atoms with van der Waals surface area (Å²) >= 11 is 1.61. The van der Waals surface area contributed by atoms with E-state index >= 15 is 0 Å². The molecule has 2 aromatic carbocycles. The molecule has 29 heavy (non-hydrogen) atoms. The van der Waals surface area contributed by atoms with Gasteiger partial charge in [-0.2, -0.15) is 5.26 Å². The Hall–Kier alpha value is -2.98. The summed E-state index contributed by atoms with van der Waals surface area (Å²) in [7, 11) is 0. The highest BCUT2D eigenvalue weighted by Gasteiger charge is 2.25. The van der Waals surface area contributed by atoms with Crippen LogP contribution in [0.15, 0.2) is 53.4 Å². The van der Waals surface area contributed by atoms with Gasteiger partial charge in [0.2, 0.25) is 0 Å². The molecule has 1 aliphatic heterocycles. The van der Waals surface area contributed by atoms with Crippen LogP contribution in [0.2, 0.25) is 0 Å². The maximum atomic E-state index is 13.1. The monoisotopic (exact) mass is 408 g/mol. The molecule has 0 atom stereocenters. The van der Waals surface area contributed by atoms with Gasteiger partial charge in [0.1, 0.15) is 0 Å². The molecule has 0 aliphatic carbocycles. The van der Waals surface area contributed by atoms with E-state index in [1.54, 1.807) is 28.8 Å². The molecule has 1 saturated heterocycles. The second kappa shape index (κ2) is 9.99. The molecule has 1 heterocycles. The Morgan fingerprint density at radius 1 is 1.03 bits per heavy atom. The Bertz CT molecular complexity index is 900. The zero-order valence-corrected chi connectivity index (χ0v) is 17.2. The van der Waals surface area contributed by atoms with E-state index in [4.69, 9.17) is 5.26 Å². The lowest BCUT2D eigenvalue weighted by atomic mass is 10.2. The van der Waals surface area contributed by atoms with Gasteiger partial charge in [0.25, 0.3) is 5.91 Å². The van der Waals surface area contributed by atoms with Crippen LogP contribution < -0.4 is 5.32 Å². The van der Waals surface area contributed by atoms with E-state index in [0.717, 1.165) is 16.2 Å². The molecule has 3 amide bonds. The maximum Gasteiger partial charge on any atom is 0.317 e. The molecule has 0 bridgehead atoms. The van der Waals surface area contributed by atoms with Crippen molar-refractivity contribution in [2.45, 2.75) is 17.6 Å². The number of benzene rings is 2. The number of rotatable bonds is 5. The molecule has 6 nitrogen and oxygen atoms in total. The van der Waals surface area contributed by atoms with Gasteiger partial charge in [-0.05, 0) is 36.8 Å². The lowest BCUT2D eigenvalue weighted by Crippen LogP contribution is -2.53. The molecule has 2 aromatic rings. The first kappa shape index (κ1) is 20.7. The highest BCUT2D eigenvalue weighted by Crippen LogP contribution is 2.27. The summed E-state index contributed by atoms with van der Waals surface area (Å²) in [6, 6.07) is 17.2. The van der Waals surface area contributed by atoms with Gasteiger partial charge in [-0.3, -0.25) is 4.79 Å². The summed E-state index contributed by atoms with van der Waals surface area (Å²) in [5, 5.41) is 11.7. The fourth-order valence-electron chi connectivity index (χ4n) is 3.15. The normalized spacial score (nSPS) is 13.7. The van der Waals surface area contributed by atoms with Crippen LogP contribution in [0.5, 0.6) is 0 Å². The van der Waals surface area contributed by atoms with Gasteiger partial charge in [0, 0.05) is 43.4 Å². The zero-order valence-electron chi connectivity index (χ0n) is 16.4. The number of hydrogen-bond donors (Lipinski definition) is 1. The molecule has 0 aromatic heterocycles. The Morgan fingerprint density at radius 2 is 1.69 bits per heavy atom. The fourth-order valence-corrected chi connectivity index (χ4v) is 4.15. The molecule has 3 rings (SSSR count). The summed E-state index contributed by atoms with van der Waals surface area (Å²) in [6.45, 7) is 4.64. The van der Waals surface area contributed by atoms with Crippen LogP contribution in [-0.4, -0.2) is 54.5 Å². The molecule has 0 spiro atoms. The minimum atomic E-state index is -0.0713. The third kappa shape index (κ3) is 5.30. The number of carbonyl (C=O) groups excluding carboxylic acids is 2. The summed E-state index contributed by atoms with van der Waals surface area (Å²) in [5.74, 6) is 0.726. The molecule has 1 N–H and O–H groups in total. The van der Waals surface area contributed by atoms with Crippen LogP contribution in [0.25, 0.3) is 0 Å². The van der Waals surface area contributed by atoms with Crippen LogP contribution in [-0.2, 0) is 5.75 Å². The molecule has 7 heteroatoms. The third-order valence-corrected chi connectivity index (χ3v) is 5.92. The van der Waals surface area contributed by atoms with Gasteiger partial charge < -0.3 is 15.1 Å². The molecule has 0 radical (unpaired) electrons. The lowest BCUT2D eigenvalue weighted by Gasteiger charge is -2.35. The Kier molecular flexibility index (Phi) is 7.14. The number of nitrogens with one attached hydrogen (secondary N) is 1. The predicted octanol–water partition coefficient (Wildman–Crippen LogP) is 3.34. The van der Waals surface area contributed by atoms with Gasteiger partial charge in [-0.15, -0.1) is 11.8 Å². The van der Waals surface area contributed by atoms with Crippen LogP contribution in [0, 0.1) is 11.3 Å². The van der Waals surface area contributed by atoms with Crippen LogP contribution in [0.4, 0.5) is 4.79 Å². The van der Waals surface area contributed by atoms with E-state index < -0.39 is 0 Å². The topological polar surface area (TPSA) is 76.4 Å². The molecule has 150 valence electrons. The van der Waals surface area contributed by atoms with E-state index in [1.165, 1.54) is 0 Å². The minimum Gasteiger partial charge on any atom is -0.338 e. The first-order chi connectivity index (χ1) is 14.1. The second-order valence-corrected chi connectivity index (χ2v) is 7.73. The number of nitrogens with zero attached hydrogens (tertiary/aromatic N) is 3. The summed E-state index contributed by atoms with van der Waals surface area (Å²) in [4.78, 5) is 29.5. The van der Waals surface area contributed by atoms with Gasteiger partial charge in [0.05, 0.1) is 17.2 Å². The molecule has 0 saturated carbocycles. The number of hydrogen-bond acceptors (Lipinski definition) is 4. The minimum absolute atomic E-state index is 0.00322. The number of amides is 3. The van der Waals surface area contributed by atoms with Crippen molar-refractivity contribution in [2.75, 3.05) is 32.7 Å². The van der Waals surface area contributed by atoms with Gasteiger partial charge in [-0.25, -0.2) is 4.79 Å². The van der Waals surface area contributed by atoms with Gasteiger partial charge in [0.15, 0.2) is 0 Å². The highest BCUT2D eigenvalue weighted by molar-refractivity contribution is 7.98. The van der Waals surface area contributed by atoms with E-state index in [2.05, 4.69) is 11.4 Å². The molecule has 0 unspecified atom stereocenters. The van der Waals surface area contributed by atoms with Crippen molar-refractivity contribution in [3.05, 3.63) is 65.2 Å². The van der Waals surface area contributed by atoms with Gasteiger partial charge >= 0.3 is 6.03 Å². The third-order valence-electron chi connectivity index (χ3n) is 4.78. The number of thioether (sulfide) groups is 1. The average Bonchev–Trinajstić information content (AvgIpc) is 2.78. The van der Waals surface area contributed by atoms with Crippen molar-refractivity contribution in [3.8, 4) is 6.07 Å². The SMILES string of the molecule is CCNC(=O)N1CCN(C(=O)c2ccccc2SCc2ccc(C#N)cc2)CC1. The lowest BCUT2D eigenvalue weighted by molar-refractivity contribution is 0.0662. The van der Waals surface area contributed by atoms with Crippen LogP contribution in [0.1, 0.15) is 28.4 Å². The Balaban J connectivity index is 1.63. The predicted molar refractivity (Wildman–Crippen MR) is 114 cm³/mol. The van der Waals surface area contributed by atoms with E-state index in [1.807, 2.05) is 48.2 Å². The summed E-state index contributed by atoms with van der Waals surface area (Å²) in [5.41, 5.74) is 2.44. The first-order valence-corrected chi connectivity index (χ1v) is 10.6. The Labute approximate surface area is 175 Å². The standard InChI is InChI=1S/C22H24N4O2S/c1-2-24-22(28)26-13-11-25(12-14-26)21(27)19-5-3-4-6-20(19)29-16-18-9-7-17(15-23)8-10-18/h3-10H,2,11-14,16H2,1H3,(H,24,28). The second-order valence-electron chi connectivity index (χ2n) is 6.71. The first-order valence-electron chi connectivity index (χ1n) is 9.65. The Morgan fingerprint density at radius 3 is 2.34 bits per heavy atom. The summed E-state index contributed by atoms with van der Waals surface area (Å²) in [6.07, 6.45) is 0. The largest absolute Gasteiger partial charge is 0.338 e. The maximum absolute atomic E-state index is 13.1. The molecular weight excluding hydrogens is 384 g/mol. The van der Waals surface area contributed by atoms with Crippen LogP contribution >= 0.6 is 11.8 Å². The number of urea groups is 1. The zero-order chi connectivity index (χ0) is 20.6. The number of piperazine rings is 1. The van der Waals surface area contributed by atoms with Crippen molar-refractivity contribution in [2.24, 2.45) is 0 Å². The van der Waals surface area contributed by atoms with Crippen molar-refractivity contribution >= 4 is 23.7 Å². The number of nitriles is 1. The molecule has 1 aliphatic rings. The van der Waals surface area contributed by atoms with E-state index in [-0.39, 0.29) is 11.9 Å². The highest BCUT2D eigenvalue weighted by atomic mass is 32.2. The van der Waals surface area contributed by atoms with Crippen molar-refractivity contribution in [1.29, 1.82) is 5.26 Å². The van der Waals surface area contributed by atoms with Crippen LogP contribution in [0.3, 0.4) is 0 Å². The van der Waals surface area contributed by atoms with E-state index in [9.17, 15) is 9.59 Å². The van der Waals surface area contributed by atoms with Crippen molar-refractivity contribution < 1.29 is 9.59 Å². The average molecular weight is 409 g/mol. The van der Waals surface area contributed by atoms with Gasteiger partial charge in [-0.1, -0.05) is 24.3 Å². The van der Waals surface area contributed by atoms with Crippen molar-refractivity contribution in [3.63, 3.8) is 0 Å². The summed E-state index contributed by atoms with van der Waals surface area (Å²) < 4.78 is 0. The number of carbonyl (C=O) groups is 2. The smallest absolute Gasteiger partial charge is 0.317 e. The van der Waals surface area contributed by atoms with E-state index in [0.29, 0.717) is 43.9 Å². The van der Waals surface area contributed by atoms with Crippen molar-refractivity contribution in [1.82, 2.24) is 15.1 Å². The molecule has 1 fully saturated rings.